The molecule has 4 amide bonds. The van der Waals surface area contributed by atoms with Crippen LogP contribution in [0.25, 0.3) is 0 Å². The van der Waals surface area contributed by atoms with E-state index in [0.717, 1.165) is 27.7 Å². The summed E-state index contributed by atoms with van der Waals surface area (Å²) in [5, 5.41) is 264. The van der Waals surface area contributed by atoms with E-state index in [1.807, 2.05) is 0 Å². The lowest BCUT2D eigenvalue weighted by atomic mass is 9.93. The first-order valence-corrected chi connectivity index (χ1v) is 35.3. The number of hydrogen-bond acceptors (Lipinski definition) is 44. The molecule has 636 valence electrons. The zero-order chi connectivity index (χ0) is 81.1. The second-order valence-corrected chi connectivity index (χ2v) is 28.1. The third kappa shape index (κ3) is 19.8. The summed E-state index contributed by atoms with van der Waals surface area (Å²) < 4.78 is 101. The van der Waals surface area contributed by atoms with E-state index in [9.17, 15) is 137 Å². The van der Waals surface area contributed by atoms with Crippen molar-refractivity contribution in [2.45, 2.75) is 318 Å². The number of carbonyl (C=O) groups is 4. The van der Waals surface area contributed by atoms with Gasteiger partial charge in [-0.2, -0.15) is 0 Å². The first-order chi connectivity index (χ1) is 51.9. The zero-order valence-electron chi connectivity index (χ0n) is 59.8. The van der Waals surface area contributed by atoms with Gasteiger partial charge in [-0.15, -0.1) is 0 Å². The lowest BCUT2D eigenvalue weighted by Gasteiger charge is -2.52. The number of rotatable bonds is 27. The maximum atomic E-state index is 13.2. The largest absolute Gasteiger partial charge is 0.394 e. The summed E-state index contributed by atoms with van der Waals surface area (Å²) in [5.74, 6) is -3.64. The second-order valence-electron chi connectivity index (χ2n) is 28.1. The van der Waals surface area contributed by atoms with Gasteiger partial charge in [0.05, 0.1) is 58.5 Å². The van der Waals surface area contributed by atoms with E-state index in [1.165, 1.54) is 13.8 Å². The third-order valence-electron chi connectivity index (χ3n) is 20.3. The van der Waals surface area contributed by atoms with Crippen LogP contribution in [-0.2, 0) is 99.7 Å². The van der Waals surface area contributed by atoms with Gasteiger partial charge >= 0.3 is 0 Å². The van der Waals surface area contributed by atoms with Crippen LogP contribution in [-0.4, -0.2) is 463 Å². The summed E-state index contributed by atoms with van der Waals surface area (Å²) in [6.45, 7) is -0.957. The van der Waals surface area contributed by atoms with E-state index in [-0.39, 0.29) is 0 Å². The predicted octanol–water partition coefficient (Wildman–Crippen LogP) is -18.0. The molecule has 48 nitrogen and oxygen atoms in total. The van der Waals surface area contributed by atoms with Crippen molar-refractivity contribution in [3.8, 4) is 0 Å². The van der Waals surface area contributed by atoms with Crippen molar-refractivity contribution in [1.82, 2.24) is 21.3 Å². The summed E-state index contributed by atoms with van der Waals surface area (Å²) >= 11 is 0. The molecule has 9 aliphatic heterocycles. The molecule has 0 radical (unpaired) electrons. The first kappa shape index (κ1) is 90.2. The maximum Gasteiger partial charge on any atom is 0.217 e. The van der Waals surface area contributed by atoms with Crippen LogP contribution in [0.15, 0.2) is 0 Å². The Morgan fingerprint density at radius 1 is 0.255 bits per heavy atom. The van der Waals surface area contributed by atoms with Gasteiger partial charge in [0.15, 0.2) is 56.6 Å². The van der Waals surface area contributed by atoms with Crippen LogP contribution in [0, 0.1) is 0 Å². The highest BCUT2D eigenvalue weighted by Crippen LogP contribution is 2.40. The summed E-state index contributed by atoms with van der Waals surface area (Å²) in [6.07, 6.45) is -80.1. The van der Waals surface area contributed by atoms with Crippen molar-refractivity contribution < 1.29 is 217 Å². The average molecular weight is 1610 g/mol. The smallest absolute Gasteiger partial charge is 0.217 e. The van der Waals surface area contributed by atoms with E-state index in [2.05, 4.69) is 21.3 Å². The Hall–Kier alpha value is -3.72. The summed E-state index contributed by atoms with van der Waals surface area (Å²) in [7, 11) is 0. The molecule has 9 fully saturated rings. The molecular weight excluding hydrogens is 1500 g/mol. The van der Waals surface area contributed by atoms with Crippen molar-refractivity contribution in [2.24, 2.45) is 0 Å². The van der Waals surface area contributed by atoms with E-state index in [1.54, 1.807) is 0 Å². The van der Waals surface area contributed by atoms with Crippen molar-refractivity contribution in [3.05, 3.63) is 0 Å². The minimum absolute atomic E-state index is 0.882. The molecule has 0 unspecified atom stereocenters. The maximum absolute atomic E-state index is 13.2. The molecule has 0 bridgehead atoms. The van der Waals surface area contributed by atoms with Crippen LogP contribution >= 0.6 is 0 Å². The van der Waals surface area contributed by atoms with Crippen LogP contribution in [0.1, 0.15) is 41.5 Å². The Balaban J connectivity index is 0.946. The molecule has 9 saturated heterocycles. The molecule has 0 aliphatic carbocycles. The Labute approximate surface area is 624 Å². The minimum atomic E-state index is -2.36. The molecule has 45 atom stereocenters. The van der Waals surface area contributed by atoms with Crippen LogP contribution in [0.4, 0.5) is 0 Å². The normalized spacial score (nSPS) is 49.6. The lowest BCUT2D eigenvalue weighted by Crippen LogP contribution is -2.71. The highest BCUT2D eigenvalue weighted by atomic mass is 16.8. The number of nitrogens with one attached hydrogen (secondary N) is 4. The van der Waals surface area contributed by atoms with E-state index >= 15 is 0 Å². The number of aliphatic hydroxyl groups is 23. The summed E-state index contributed by atoms with van der Waals surface area (Å²) in [4.78, 5) is 52.1. The van der Waals surface area contributed by atoms with Crippen LogP contribution in [0.3, 0.4) is 0 Å². The molecule has 9 aliphatic rings. The monoisotopic (exact) mass is 1610 g/mol. The third-order valence-corrected chi connectivity index (χ3v) is 20.3. The fourth-order valence-corrected chi connectivity index (χ4v) is 14.3. The highest BCUT2D eigenvalue weighted by Gasteiger charge is 2.61. The Bertz CT molecular complexity index is 2930. The summed E-state index contributed by atoms with van der Waals surface area (Å²) in [6, 6.07) is -7.44. The molecule has 110 heavy (non-hydrogen) atoms. The molecule has 0 aromatic rings. The number of hydrogen-bond donors (Lipinski definition) is 27. The molecule has 9 rings (SSSR count). The SMILES string of the molecule is CC(=O)N[C@@H]1[C@@H](O[C@@H]2O[C@H](CO)[C@@H](O)[C@H](O[C@@H]3O[C@H](CO)[C@H](O)[C@H](O)[C@H]3O[C@@H]3O[C@@H](C)[C@@H](O)[C@@H](O)[C@@H]3O)[C@H]2NC(C)=O)[C@@H](O)[C@@H](CO[C@@H]2O[C@H](CO)[C@@H](O[C@@H]3O[C@H](CO)[C@H](O)[C@H](O[C@@H]4O[C@H](CO)[C@@H](O[C@@H]5O[C@H](CO)[C@H](O)[C@H](O)[C@H]5O)[C@H](O[C@@H]5O[C@@H](C)[C@@H](O)[C@@H](O)[C@@H]5O)[C@H]4NC(C)=O)[C@H]3O)[C@H](O)[C@H]2NC(C)=O)O[C@@H]1O. The molecule has 0 saturated carbocycles. The number of carbonyl (C=O) groups excluding carboxylic acids is 4. The Morgan fingerprint density at radius 2 is 0.573 bits per heavy atom. The molecule has 9 heterocycles. The second kappa shape index (κ2) is 39.0. The van der Waals surface area contributed by atoms with Crippen molar-refractivity contribution >= 4 is 23.6 Å². The van der Waals surface area contributed by atoms with Gasteiger partial charge in [-0.3, -0.25) is 19.2 Å². The molecule has 48 heteroatoms. The number of aliphatic hydroxyl groups excluding tert-OH is 23. The standard InChI is InChI=1S/C62H104N4O44/c1-14-31(77)39(85)43(89)58(95-14)108-51-30(66-19(6)76)57(103-25(12-72)48(51)105-60-45(91)41(87)33(79)20(7-67)99-60)109-52-36(82)23(10-70)100-61(46(52)92)104-47-24(11-71)102-55(27(38(47)84)63-16(3)73)94-13-26-37(83)49(28(54(93)97-26)64-17(4)74)106-56-29(65-18(5)75)50(35(81)22(9-69)98-56)107-62-53(42(88)34(80)21(8-68)101-62)110-59-44(90)40(86)32(78)15(2)96-59/h14-15,20-62,67-72,77-93H,7-13H2,1-6H3,(H,63,73)(H,64,74)(H,65,75)(H,66,76)/t14-,15-,20+,21+,22+,23+,24+,25+,26+,27+,28+,29+,30+,31+,32+,33-,34-,35+,36-,37-,38+,39+,40+,41-,42-,43-,44-,45+,46+,47+,48+,49+,50+,51+,52-,53+,54-,55+,56-,57-,58-,59-,60-,61-,62-/m0/s1. The molecular formula is C62H104N4O44. The molecule has 0 spiro atoms. The Kier molecular flexibility index (Phi) is 32.0. The van der Waals surface area contributed by atoms with Crippen LogP contribution in [0.2, 0.25) is 0 Å². The van der Waals surface area contributed by atoms with E-state index in [0.29, 0.717) is 0 Å². The molecule has 0 aromatic carbocycles. The van der Waals surface area contributed by atoms with Gasteiger partial charge in [0.25, 0.3) is 0 Å². The Morgan fingerprint density at radius 3 is 1.07 bits per heavy atom. The van der Waals surface area contributed by atoms with Crippen LogP contribution in [0.5, 0.6) is 0 Å². The first-order valence-electron chi connectivity index (χ1n) is 35.3. The number of amides is 4. The van der Waals surface area contributed by atoms with Gasteiger partial charge in [0.1, 0.15) is 207 Å². The van der Waals surface area contributed by atoms with Crippen LogP contribution < -0.4 is 21.3 Å². The lowest BCUT2D eigenvalue weighted by molar-refractivity contribution is -0.390. The molecule has 27 N–H and O–H groups in total. The quantitative estimate of drug-likeness (QED) is 0.0363. The van der Waals surface area contributed by atoms with Crippen molar-refractivity contribution in [1.29, 1.82) is 0 Å². The zero-order valence-corrected chi connectivity index (χ0v) is 59.8. The fraction of sp³-hybridized carbons (Fsp3) is 0.935. The highest BCUT2D eigenvalue weighted by molar-refractivity contribution is 5.74. The van der Waals surface area contributed by atoms with Gasteiger partial charge in [0, 0.05) is 27.7 Å². The van der Waals surface area contributed by atoms with E-state index in [4.69, 9.17) is 80.5 Å². The predicted molar refractivity (Wildman–Crippen MR) is 341 cm³/mol. The van der Waals surface area contributed by atoms with Gasteiger partial charge in [0.2, 0.25) is 23.6 Å². The van der Waals surface area contributed by atoms with Gasteiger partial charge in [-0.1, -0.05) is 0 Å². The minimum Gasteiger partial charge on any atom is -0.394 e. The molecule has 0 aromatic heterocycles. The average Bonchev–Trinajstić information content (AvgIpc) is 0.762. The topological polar surface area (TPSA) is 739 Å². The van der Waals surface area contributed by atoms with E-state index < -0.39 is 346 Å². The van der Waals surface area contributed by atoms with Gasteiger partial charge < -0.3 is 219 Å². The summed E-state index contributed by atoms with van der Waals surface area (Å²) in [5.41, 5.74) is 0. The van der Waals surface area contributed by atoms with Gasteiger partial charge in [-0.25, -0.2) is 0 Å². The van der Waals surface area contributed by atoms with Gasteiger partial charge in [-0.05, 0) is 13.8 Å². The van der Waals surface area contributed by atoms with Crippen molar-refractivity contribution in [2.75, 3.05) is 46.2 Å². The number of ether oxygens (including phenoxy) is 17. The van der Waals surface area contributed by atoms with Crippen molar-refractivity contribution in [3.63, 3.8) is 0 Å². The fourth-order valence-electron chi connectivity index (χ4n) is 14.3.